The lowest BCUT2D eigenvalue weighted by atomic mass is 9.97. The first kappa shape index (κ1) is 12.1. The highest BCUT2D eigenvalue weighted by Gasteiger charge is 2.22. The molecule has 1 heterocycles. The van der Waals surface area contributed by atoms with Gasteiger partial charge in [-0.15, -0.1) is 11.6 Å². The van der Waals surface area contributed by atoms with Gasteiger partial charge in [0.15, 0.2) is 5.78 Å². The molecule has 1 aliphatic rings. The zero-order chi connectivity index (χ0) is 12.6. The number of amides is 1. The fraction of sp³-hybridized carbons (Fsp3) is 0.385. The van der Waals surface area contributed by atoms with E-state index in [9.17, 15) is 9.59 Å². The van der Waals surface area contributed by atoms with E-state index in [2.05, 4.69) is 0 Å². The normalized spacial score (nSPS) is 16.6. The number of nitrogens with zero attached hydrogens (tertiary/aromatic N) is 1. The third-order valence-electron chi connectivity index (χ3n) is 3.07. The van der Waals surface area contributed by atoms with Crippen LogP contribution in [-0.2, 0) is 11.2 Å². The number of carbonyl (C=O) groups excluding carboxylic acids is 2. The maximum absolute atomic E-state index is 11.8. The van der Waals surface area contributed by atoms with Crippen LogP contribution < -0.4 is 4.90 Å². The molecule has 0 fully saturated rings. The van der Waals surface area contributed by atoms with Gasteiger partial charge in [0.2, 0.25) is 5.91 Å². The summed E-state index contributed by atoms with van der Waals surface area (Å²) in [4.78, 5) is 24.9. The molecule has 1 aliphatic heterocycles. The predicted octanol–water partition coefficient (Wildman–Crippen LogP) is 2.41. The molecular weight excluding hydrogens is 238 g/mol. The standard InChI is InChI=1S/C13H14ClNO2/c1-8(14)13(17)10-3-5-11-9(7-10)4-6-12(16)15(11)2/h3,5,7-8H,4,6H2,1-2H3. The van der Waals surface area contributed by atoms with Crippen LogP contribution in [0, 0.1) is 0 Å². The maximum Gasteiger partial charge on any atom is 0.227 e. The summed E-state index contributed by atoms with van der Waals surface area (Å²) in [7, 11) is 1.76. The van der Waals surface area contributed by atoms with E-state index in [1.807, 2.05) is 12.1 Å². The molecule has 0 N–H and O–H groups in total. The molecule has 1 atom stereocenters. The lowest BCUT2D eigenvalue weighted by Crippen LogP contribution is -2.31. The minimum Gasteiger partial charge on any atom is -0.315 e. The number of Topliss-reactive ketones (excluding diaryl/α,β-unsaturated/α-hetero) is 1. The van der Waals surface area contributed by atoms with Crippen LogP contribution in [0.25, 0.3) is 0 Å². The summed E-state index contributed by atoms with van der Waals surface area (Å²) >= 11 is 5.78. The molecule has 0 radical (unpaired) electrons. The summed E-state index contributed by atoms with van der Waals surface area (Å²) < 4.78 is 0. The Labute approximate surface area is 105 Å². The SMILES string of the molecule is CC(Cl)C(=O)c1ccc2c(c1)CCC(=O)N2C. The maximum atomic E-state index is 11.8. The third kappa shape index (κ3) is 2.20. The predicted molar refractivity (Wildman–Crippen MR) is 67.8 cm³/mol. The van der Waals surface area contributed by atoms with Gasteiger partial charge in [-0.3, -0.25) is 9.59 Å². The first-order valence-electron chi connectivity index (χ1n) is 5.58. The highest BCUT2D eigenvalue weighted by atomic mass is 35.5. The number of hydrogen-bond acceptors (Lipinski definition) is 2. The number of benzene rings is 1. The molecule has 1 aromatic rings. The number of aryl methyl sites for hydroxylation is 1. The number of rotatable bonds is 2. The van der Waals surface area contributed by atoms with Crippen LogP contribution >= 0.6 is 11.6 Å². The highest BCUT2D eigenvalue weighted by molar-refractivity contribution is 6.33. The molecule has 0 saturated carbocycles. The largest absolute Gasteiger partial charge is 0.315 e. The number of alkyl halides is 1. The Morgan fingerprint density at radius 1 is 1.41 bits per heavy atom. The molecule has 1 aromatic carbocycles. The molecule has 17 heavy (non-hydrogen) atoms. The Kier molecular flexibility index (Phi) is 3.20. The average molecular weight is 252 g/mol. The van der Waals surface area contributed by atoms with E-state index >= 15 is 0 Å². The summed E-state index contributed by atoms with van der Waals surface area (Å²) in [6.45, 7) is 1.67. The van der Waals surface area contributed by atoms with Crippen molar-refractivity contribution in [2.45, 2.75) is 25.1 Å². The number of ketones is 1. The fourth-order valence-electron chi connectivity index (χ4n) is 2.04. The first-order valence-corrected chi connectivity index (χ1v) is 6.02. The Morgan fingerprint density at radius 2 is 2.12 bits per heavy atom. The van der Waals surface area contributed by atoms with Crippen LogP contribution in [0.15, 0.2) is 18.2 Å². The summed E-state index contributed by atoms with van der Waals surface area (Å²) in [5, 5.41) is -0.518. The van der Waals surface area contributed by atoms with Crippen molar-refractivity contribution in [3.63, 3.8) is 0 Å². The van der Waals surface area contributed by atoms with E-state index in [1.54, 1.807) is 24.9 Å². The molecule has 0 aliphatic carbocycles. The molecule has 2 rings (SSSR count). The van der Waals surface area contributed by atoms with Crippen molar-refractivity contribution in [2.75, 3.05) is 11.9 Å². The van der Waals surface area contributed by atoms with Crippen LogP contribution in [0.4, 0.5) is 5.69 Å². The van der Waals surface area contributed by atoms with E-state index < -0.39 is 5.38 Å². The van der Waals surface area contributed by atoms with Crippen LogP contribution in [0.3, 0.4) is 0 Å². The van der Waals surface area contributed by atoms with E-state index in [4.69, 9.17) is 11.6 Å². The lowest BCUT2D eigenvalue weighted by molar-refractivity contribution is -0.118. The molecule has 4 heteroatoms. The summed E-state index contributed by atoms with van der Waals surface area (Å²) in [6.07, 6.45) is 1.19. The Balaban J connectivity index is 2.39. The summed E-state index contributed by atoms with van der Waals surface area (Å²) in [5.41, 5.74) is 2.55. The monoisotopic (exact) mass is 251 g/mol. The molecule has 1 unspecified atom stereocenters. The molecule has 0 saturated heterocycles. The van der Waals surface area contributed by atoms with Crippen LogP contribution in [0.5, 0.6) is 0 Å². The van der Waals surface area contributed by atoms with Crippen molar-refractivity contribution in [3.05, 3.63) is 29.3 Å². The minimum absolute atomic E-state index is 0.0750. The van der Waals surface area contributed by atoms with Gasteiger partial charge in [-0.1, -0.05) is 0 Å². The second-order valence-corrected chi connectivity index (χ2v) is 4.93. The van der Waals surface area contributed by atoms with Gasteiger partial charge in [-0.25, -0.2) is 0 Å². The van der Waals surface area contributed by atoms with E-state index in [-0.39, 0.29) is 11.7 Å². The Hall–Kier alpha value is -1.35. The number of fused-ring (bicyclic) bond motifs is 1. The van der Waals surface area contributed by atoms with Gasteiger partial charge in [0.05, 0.1) is 5.38 Å². The van der Waals surface area contributed by atoms with Crippen molar-refractivity contribution in [2.24, 2.45) is 0 Å². The molecule has 90 valence electrons. The van der Waals surface area contributed by atoms with E-state index in [1.165, 1.54) is 0 Å². The number of hydrogen-bond donors (Lipinski definition) is 0. The van der Waals surface area contributed by atoms with Gasteiger partial charge in [0.1, 0.15) is 0 Å². The zero-order valence-electron chi connectivity index (χ0n) is 9.87. The second-order valence-electron chi connectivity index (χ2n) is 4.28. The van der Waals surface area contributed by atoms with Crippen LogP contribution in [-0.4, -0.2) is 24.1 Å². The summed E-state index contributed by atoms with van der Waals surface area (Å²) in [6, 6.07) is 5.40. The quantitative estimate of drug-likeness (QED) is 0.598. The van der Waals surface area contributed by atoms with E-state index in [0.29, 0.717) is 18.4 Å². The van der Waals surface area contributed by atoms with Crippen molar-refractivity contribution in [1.29, 1.82) is 0 Å². The topological polar surface area (TPSA) is 37.4 Å². The molecule has 1 amide bonds. The number of anilines is 1. The van der Waals surface area contributed by atoms with Crippen LogP contribution in [0.1, 0.15) is 29.3 Å². The van der Waals surface area contributed by atoms with Gasteiger partial charge in [0.25, 0.3) is 0 Å². The van der Waals surface area contributed by atoms with Crippen LogP contribution in [0.2, 0.25) is 0 Å². The van der Waals surface area contributed by atoms with Gasteiger partial charge in [0, 0.05) is 24.7 Å². The smallest absolute Gasteiger partial charge is 0.227 e. The summed E-state index contributed by atoms with van der Waals surface area (Å²) in [5.74, 6) is 0.0382. The van der Waals surface area contributed by atoms with Crippen molar-refractivity contribution >= 4 is 29.0 Å². The van der Waals surface area contributed by atoms with E-state index in [0.717, 1.165) is 11.3 Å². The second kappa shape index (κ2) is 4.49. The third-order valence-corrected chi connectivity index (χ3v) is 3.27. The van der Waals surface area contributed by atoms with Crippen molar-refractivity contribution < 1.29 is 9.59 Å². The van der Waals surface area contributed by atoms with Crippen molar-refractivity contribution in [1.82, 2.24) is 0 Å². The lowest BCUT2D eigenvalue weighted by Gasteiger charge is -2.26. The highest BCUT2D eigenvalue weighted by Crippen LogP contribution is 2.28. The Morgan fingerprint density at radius 3 is 2.76 bits per heavy atom. The Bertz CT molecular complexity index is 482. The van der Waals surface area contributed by atoms with Gasteiger partial charge < -0.3 is 4.90 Å². The average Bonchev–Trinajstić information content (AvgIpc) is 2.32. The number of carbonyl (C=O) groups is 2. The molecular formula is C13H14ClNO2. The molecule has 0 bridgehead atoms. The zero-order valence-corrected chi connectivity index (χ0v) is 10.6. The fourth-order valence-corrected chi connectivity index (χ4v) is 2.17. The van der Waals surface area contributed by atoms with Crippen molar-refractivity contribution in [3.8, 4) is 0 Å². The molecule has 3 nitrogen and oxygen atoms in total. The van der Waals surface area contributed by atoms with Gasteiger partial charge in [-0.2, -0.15) is 0 Å². The molecule has 0 spiro atoms. The molecule has 0 aromatic heterocycles. The van der Waals surface area contributed by atoms with Gasteiger partial charge >= 0.3 is 0 Å². The minimum atomic E-state index is -0.518. The van der Waals surface area contributed by atoms with Gasteiger partial charge in [-0.05, 0) is 37.1 Å². The number of halogens is 1. The first-order chi connectivity index (χ1) is 8.00.